The van der Waals surface area contributed by atoms with Gasteiger partial charge in [0.2, 0.25) is 23.1 Å². The summed E-state index contributed by atoms with van der Waals surface area (Å²) in [5, 5.41) is 39.9. The van der Waals surface area contributed by atoms with E-state index in [1.807, 2.05) is 0 Å². The molecule has 280 valence electrons. The Labute approximate surface area is 282 Å². The number of ketones is 4. The number of carboxylic acids is 4. The van der Waals surface area contributed by atoms with Crippen LogP contribution in [0.15, 0.2) is 0 Å². The third kappa shape index (κ3) is 21.9. The van der Waals surface area contributed by atoms with Crippen LogP contribution in [0.1, 0.15) is 53.4 Å². The van der Waals surface area contributed by atoms with Crippen molar-refractivity contribution in [2.45, 2.75) is 78.1 Å². The molecular formula is C24H24F12O12Ti. The molecule has 4 atom stereocenters. The molecule has 0 aliphatic heterocycles. The number of halogens is 12. The van der Waals surface area contributed by atoms with E-state index in [0.717, 1.165) is 0 Å². The number of carboxylic acid groups (broad SMARTS) is 4. The molecule has 0 aromatic rings. The zero-order chi connectivity index (χ0) is 39.8. The number of hydrogen-bond acceptors (Lipinski definition) is 12. The van der Waals surface area contributed by atoms with Gasteiger partial charge in [0.15, 0.2) is 0 Å². The maximum Gasteiger partial charge on any atom is 4.00 e. The van der Waals surface area contributed by atoms with Gasteiger partial charge in [0, 0.05) is 0 Å². The Morgan fingerprint density at radius 3 is 0.490 bits per heavy atom. The zero-order valence-electron chi connectivity index (χ0n) is 25.1. The van der Waals surface area contributed by atoms with Gasteiger partial charge in [-0.1, -0.05) is 27.7 Å². The second-order valence-electron chi connectivity index (χ2n) is 8.57. The Morgan fingerprint density at radius 1 is 0.367 bits per heavy atom. The maximum atomic E-state index is 11.6. The molecule has 49 heavy (non-hydrogen) atoms. The molecule has 0 aromatic carbocycles. The van der Waals surface area contributed by atoms with Crippen LogP contribution in [-0.2, 0) is 60.1 Å². The fraction of sp³-hybridized carbons (Fsp3) is 0.667. The zero-order valence-corrected chi connectivity index (χ0v) is 26.6. The molecule has 0 amide bonds. The van der Waals surface area contributed by atoms with Gasteiger partial charge in [-0.3, -0.25) is 19.2 Å². The average molecular weight is 780 g/mol. The first kappa shape index (κ1) is 54.9. The second-order valence-corrected chi connectivity index (χ2v) is 8.57. The normalized spacial score (nSPS) is 13.7. The van der Waals surface area contributed by atoms with E-state index in [1.165, 1.54) is 27.7 Å². The maximum absolute atomic E-state index is 11.6. The van der Waals surface area contributed by atoms with Gasteiger partial charge in [-0.25, -0.2) is 0 Å². The fourth-order valence-corrected chi connectivity index (χ4v) is 2.63. The summed E-state index contributed by atoms with van der Waals surface area (Å²) in [5.74, 6) is -25.3. The van der Waals surface area contributed by atoms with Gasteiger partial charge in [-0.05, 0) is 25.7 Å². The van der Waals surface area contributed by atoms with Crippen molar-refractivity contribution in [2.75, 3.05) is 0 Å². The number of hydrogen-bond donors (Lipinski definition) is 0. The monoisotopic (exact) mass is 780 g/mol. The fourth-order valence-electron chi connectivity index (χ4n) is 2.63. The van der Waals surface area contributed by atoms with E-state index >= 15 is 0 Å². The number of aliphatic carboxylic acids is 4. The third-order valence-corrected chi connectivity index (χ3v) is 5.15. The molecule has 25 heteroatoms. The molecule has 4 unspecified atom stereocenters. The summed E-state index contributed by atoms with van der Waals surface area (Å²) < 4.78 is 139. The number of carbonyl (C=O) groups excluding carboxylic acids is 8. The van der Waals surface area contributed by atoms with Crippen LogP contribution in [0.25, 0.3) is 0 Å². The van der Waals surface area contributed by atoms with E-state index in [0.29, 0.717) is 0 Å². The first-order chi connectivity index (χ1) is 21.2. The Balaban J connectivity index is -0.000000174. The quantitative estimate of drug-likeness (QED) is 0.140. The number of carbonyl (C=O) groups is 8. The predicted molar refractivity (Wildman–Crippen MR) is 119 cm³/mol. The Bertz CT molecular complexity index is 970. The van der Waals surface area contributed by atoms with Gasteiger partial charge in [0.1, 0.15) is 0 Å². The molecular weight excluding hydrogens is 756 g/mol. The van der Waals surface area contributed by atoms with E-state index in [1.54, 1.807) is 0 Å². The third-order valence-electron chi connectivity index (χ3n) is 5.15. The largest absolute Gasteiger partial charge is 4.00 e. The summed E-state index contributed by atoms with van der Waals surface area (Å²) in [7, 11) is 0. The van der Waals surface area contributed by atoms with Crippen molar-refractivity contribution in [3.63, 3.8) is 0 Å². The minimum atomic E-state index is -5.10. The number of alkyl halides is 12. The van der Waals surface area contributed by atoms with Gasteiger partial charge < -0.3 is 39.6 Å². The van der Waals surface area contributed by atoms with Gasteiger partial charge >= 0.3 is 46.4 Å². The van der Waals surface area contributed by atoms with Crippen LogP contribution in [0.3, 0.4) is 0 Å². The summed E-state index contributed by atoms with van der Waals surface area (Å²) in [6, 6.07) is 0. The first-order valence-corrected chi connectivity index (χ1v) is 12.5. The summed E-state index contributed by atoms with van der Waals surface area (Å²) >= 11 is 0. The molecule has 0 fully saturated rings. The van der Waals surface area contributed by atoms with Crippen LogP contribution < -0.4 is 20.4 Å². The summed E-state index contributed by atoms with van der Waals surface area (Å²) in [4.78, 5) is 81.1. The first-order valence-electron chi connectivity index (χ1n) is 12.5. The van der Waals surface area contributed by atoms with Crippen molar-refractivity contribution in [2.24, 2.45) is 23.7 Å². The van der Waals surface area contributed by atoms with Crippen LogP contribution >= 0.6 is 0 Å². The van der Waals surface area contributed by atoms with E-state index in [-0.39, 0.29) is 21.7 Å². The molecule has 0 rings (SSSR count). The molecule has 0 radical (unpaired) electrons. The van der Waals surface area contributed by atoms with Crippen molar-refractivity contribution in [3.8, 4) is 0 Å². The van der Waals surface area contributed by atoms with Crippen molar-refractivity contribution in [1.29, 1.82) is 0 Å². The second kappa shape index (κ2) is 23.0. The Morgan fingerprint density at radius 2 is 0.469 bits per heavy atom. The van der Waals surface area contributed by atoms with Crippen LogP contribution in [0.2, 0.25) is 0 Å². The van der Waals surface area contributed by atoms with Crippen molar-refractivity contribution in [3.05, 3.63) is 0 Å². The minimum absolute atomic E-state index is 0. The smallest absolute Gasteiger partial charge is 0.549 e. The predicted octanol–water partition coefficient (Wildman–Crippen LogP) is -0.427. The summed E-state index contributed by atoms with van der Waals surface area (Å²) in [6.45, 7) is 4.68. The topological polar surface area (TPSA) is 229 Å². The number of rotatable bonds is 12. The molecule has 0 heterocycles. The Hall–Kier alpha value is -3.57. The van der Waals surface area contributed by atoms with E-state index in [4.69, 9.17) is 0 Å². The van der Waals surface area contributed by atoms with Crippen molar-refractivity contribution < 1.29 is 133 Å². The van der Waals surface area contributed by atoms with Crippen molar-refractivity contribution >= 4 is 47.0 Å². The molecule has 0 aliphatic rings. The number of Topliss-reactive ketones (excluding diaryl/α,β-unsaturated/α-hetero) is 4. The molecule has 0 bridgehead atoms. The van der Waals surface area contributed by atoms with Gasteiger partial charge in [0.05, 0.1) is 47.5 Å². The summed E-state index contributed by atoms with van der Waals surface area (Å²) in [6.07, 6.45) is -22.0. The molecule has 0 aromatic heterocycles. The molecule has 12 nitrogen and oxygen atoms in total. The van der Waals surface area contributed by atoms with Crippen LogP contribution in [0.4, 0.5) is 52.7 Å². The summed E-state index contributed by atoms with van der Waals surface area (Å²) in [5.41, 5.74) is 0. The molecule has 0 saturated carbocycles. The van der Waals surface area contributed by atoms with Gasteiger partial charge in [-0.2, -0.15) is 52.7 Å². The minimum Gasteiger partial charge on any atom is -0.549 e. The van der Waals surface area contributed by atoms with Crippen LogP contribution in [-0.4, -0.2) is 71.7 Å². The van der Waals surface area contributed by atoms with Crippen molar-refractivity contribution in [1.82, 2.24) is 0 Å². The standard InChI is InChI=1S/4C6H7F3O3.Ti/c4*1-2-3(5(11)12)4(10)6(7,8)9;/h4*3H,2H2,1H3,(H,11,12);/q;;;;+4/p-4. The molecule has 0 aliphatic carbocycles. The van der Waals surface area contributed by atoms with Gasteiger partial charge in [-0.15, -0.1) is 0 Å². The average Bonchev–Trinajstić information content (AvgIpc) is 2.88. The molecule has 0 spiro atoms. The van der Waals surface area contributed by atoms with E-state index in [2.05, 4.69) is 0 Å². The van der Waals surface area contributed by atoms with E-state index < -0.39 is 121 Å². The Kier molecular flexibility index (Phi) is 25.7. The molecule has 0 N–H and O–H groups in total. The van der Waals surface area contributed by atoms with Crippen LogP contribution in [0.5, 0.6) is 0 Å². The SMILES string of the molecule is CCC(C(=O)[O-])C(=O)C(F)(F)F.CCC(C(=O)[O-])C(=O)C(F)(F)F.CCC(C(=O)[O-])C(=O)C(F)(F)F.CCC(C(=O)[O-])C(=O)C(F)(F)F.[Ti+4]. The van der Waals surface area contributed by atoms with E-state index in [9.17, 15) is 111 Å². The van der Waals surface area contributed by atoms with Crippen LogP contribution in [0, 0.1) is 23.7 Å². The molecule has 0 saturated heterocycles. The van der Waals surface area contributed by atoms with Gasteiger partial charge in [0.25, 0.3) is 0 Å².